The molecular formula is C21H29F3N4O2. The zero-order chi connectivity index (χ0) is 21.6. The molecule has 1 N–H and O–H groups in total. The normalized spacial score (nSPS) is 22.8. The van der Waals surface area contributed by atoms with Gasteiger partial charge in [-0.25, -0.2) is 0 Å². The van der Waals surface area contributed by atoms with E-state index < -0.39 is 11.9 Å². The van der Waals surface area contributed by atoms with E-state index in [2.05, 4.69) is 15.2 Å². The minimum atomic E-state index is -4.52. The summed E-state index contributed by atoms with van der Waals surface area (Å²) < 4.78 is 38.2. The second kappa shape index (κ2) is 10.2. The van der Waals surface area contributed by atoms with Crippen LogP contribution in [0, 0.1) is 0 Å². The van der Waals surface area contributed by atoms with Crippen molar-refractivity contribution in [3.8, 4) is 0 Å². The Morgan fingerprint density at radius 1 is 1.03 bits per heavy atom. The molecule has 0 aliphatic carbocycles. The number of carbonyl (C=O) groups excluding carboxylic acids is 2. The molecule has 2 fully saturated rings. The van der Waals surface area contributed by atoms with Crippen LogP contribution in [0.4, 0.5) is 13.2 Å². The lowest BCUT2D eigenvalue weighted by Gasteiger charge is -2.35. The van der Waals surface area contributed by atoms with Crippen LogP contribution < -0.4 is 5.32 Å². The predicted octanol–water partition coefficient (Wildman–Crippen LogP) is 3.09. The smallest absolute Gasteiger partial charge is 0.356 e. The second-order valence-corrected chi connectivity index (χ2v) is 8.02. The van der Waals surface area contributed by atoms with Crippen molar-refractivity contribution in [3.63, 3.8) is 0 Å². The molecule has 3 heterocycles. The first kappa shape index (κ1) is 22.5. The van der Waals surface area contributed by atoms with Crippen molar-refractivity contribution in [1.29, 1.82) is 0 Å². The van der Waals surface area contributed by atoms with Gasteiger partial charge in [0.25, 0.3) is 5.91 Å². The molecule has 30 heavy (non-hydrogen) atoms. The number of nitrogens with zero attached hydrogens (tertiary/aromatic N) is 3. The Bertz CT molecular complexity index is 724. The Morgan fingerprint density at radius 2 is 1.77 bits per heavy atom. The maximum absolute atomic E-state index is 12.9. The van der Waals surface area contributed by atoms with Crippen LogP contribution in [-0.4, -0.2) is 65.4 Å². The molecule has 9 heteroatoms. The number of nitrogens with one attached hydrogen (secondary N) is 1. The van der Waals surface area contributed by atoms with Gasteiger partial charge < -0.3 is 10.2 Å². The summed E-state index contributed by atoms with van der Waals surface area (Å²) in [4.78, 5) is 32.6. The molecule has 0 aromatic carbocycles. The number of hydrogen-bond donors (Lipinski definition) is 1. The highest BCUT2D eigenvalue weighted by Gasteiger charge is 2.32. The van der Waals surface area contributed by atoms with Crippen molar-refractivity contribution >= 4 is 11.8 Å². The monoisotopic (exact) mass is 426 g/mol. The molecule has 0 bridgehead atoms. The van der Waals surface area contributed by atoms with Crippen molar-refractivity contribution in [2.45, 2.75) is 57.2 Å². The van der Waals surface area contributed by atoms with Gasteiger partial charge in [0.2, 0.25) is 5.91 Å². The van der Waals surface area contributed by atoms with E-state index in [1.165, 1.54) is 6.07 Å². The van der Waals surface area contributed by atoms with E-state index >= 15 is 0 Å². The minimum Gasteiger partial charge on any atom is -0.356 e. The highest BCUT2D eigenvalue weighted by molar-refractivity contribution is 5.93. The Morgan fingerprint density at radius 3 is 2.50 bits per heavy atom. The fourth-order valence-electron chi connectivity index (χ4n) is 4.18. The molecule has 0 saturated carbocycles. The number of aromatic nitrogens is 1. The fourth-order valence-corrected chi connectivity index (χ4v) is 4.18. The predicted molar refractivity (Wildman–Crippen MR) is 106 cm³/mol. The molecular weight excluding hydrogens is 397 g/mol. The largest absolute Gasteiger partial charge is 0.433 e. The number of rotatable bonds is 1. The minimum absolute atomic E-state index is 0.0786. The third-order valence-electron chi connectivity index (χ3n) is 5.81. The molecule has 0 radical (unpaired) electrons. The molecule has 0 spiro atoms. The second-order valence-electron chi connectivity index (χ2n) is 8.02. The lowest BCUT2D eigenvalue weighted by molar-refractivity contribution is -0.141. The van der Waals surface area contributed by atoms with E-state index in [4.69, 9.17) is 0 Å². The van der Waals surface area contributed by atoms with Crippen molar-refractivity contribution in [3.05, 3.63) is 29.6 Å². The van der Waals surface area contributed by atoms with E-state index in [1.54, 1.807) is 4.90 Å². The van der Waals surface area contributed by atoms with E-state index in [9.17, 15) is 22.8 Å². The standard InChI is InChI=1S/C21H29F3N4O2/c22-21(23,24)18-8-7-16(15-26-18)20(30)28-11-4-2-9-25-19(29)14-17-6-1-3-10-27(17)12-5-13-28/h7-8,15,17H,1-6,9-14H2,(H,25,29). The highest BCUT2D eigenvalue weighted by atomic mass is 19.4. The van der Waals surface area contributed by atoms with E-state index in [1.807, 2.05) is 0 Å². The Labute approximate surface area is 174 Å². The molecule has 2 saturated heterocycles. The van der Waals surface area contributed by atoms with Crippen LogP contribution in [0.1, 0.15) is 61.0 Å². The average Bonchev–Trinajstić information content (AvgIpc) is 2.73. The zero-order valence-electron chi connectivity index (χ0n) is 17.1. The molecule has 1 atom stereocenters. The summed E-state index contributed by atoms with van der Waals surface area (Å²) in [5, 5.41) is 2.96. The zero-order valence-corrected chi connectivity index (χ0v) is 17.1. The Kier molecular flexibility index (Phi) is 7.69. The summed E-state index contributed by atoms with van der Waals surface area (Å²) >= 11 is 0. The number of hydrogen-bond acceptors (Lipinski definition) is 4. The Balaban J connectivity index is 1.67. The van der Waals surface area contributed by atoms with Crippen molar-refractivity contribution in [1.82, 2.24) is 20.1 Å². The quantitative estimate of drug-likeness (QED) is 0.750. The summed E-state index contributed by atoms with van der Waals surface area (Å²) in [6.45, 7) is 3.35. The summed E-state index contributed by atoms with van der Waals surface area (Å²) in [6, 6.07) is 2.28. The molecule has 2 amide bonds. The van der Waals surface area contributed by atoms with Crippen molar-refractivity contribution in [2.75, 3.05) is 32.7 Å². The van der Waals surface area contributed by atoms with Crippen LogP contribution in [0.3, 0.4) is 0 Å². The molecule has 6 nitrogen and oxygen atoms in total. The third-order valence-corrected chi connectivity index (χ3v) is 5.81. The van der Waals surface area contributed by atoms with Crippen LogP contribution >= 0.6 is 0 Å². The summed E-state index contributed by atoms with van der Waals surface area (Å²) in [7, 11) is 0. The molecule has 2 aliphatic heterocycles. The van der Waals surface area contributed by atoms with Gasteiger partial charge in [-0.1, -0.05) is 6.42 Å². The van der Waals surface area contributed by atoms with Crippen LogP contribution in [0.5, 0.6) is 0 Å². The van der Waals surface area contributed by atoms with Crippen LogP contribution in [0.25, 0.3) is 0 Å². The number of fused-ring (bicyclic) bond motifs is 1. The lowest BCUT2D eigenvalue weighted by atomic mass is 9.98. The maximum atomic E-state index is 12.9. The highest BCUT2D eigenvalue weighted by Crippen LogP contribution is 2.27. The molecule has 1 aromatic rings. The molecule has 2 aliphatic rings. The van der Waals surface area contributed by atoms with Gasteiger partial charge in [-0.3, -0.25) is 19.5 Å². The van der Waals surface area contributed by atoms with E-state index in [0.717, 1.165) is 57.5 Å². The first-order valence-corrected chi connectivity index (χ1v) is 10.7. The molecule has 1 unspecified atom stereocenters. The van der Waals surface area contributed by atoms with Crippen LogP contribution in [0.15, 0.2) is 18.3 Å². The fraction of sp³-hybridized carbons (Fsp3) is 0.667. The van der Waals surface area contributed by atoms with Crippen LogP contribution in [-0.2, 0) is 11.0 Å². The molecule has 166 valence electrons. The SMILES string of the molecule is O=C1CC2CCCCN2CCCN(C(=O)c2ccc(C(F)(F)F)nc2)CCCCN1. The van der Waals surface area contributed by atoms with Gasteiger partial charge in [0.1, 0.15) is 5.69 Å². The van der Waals surface area contributed by atoms with Gasteiger partial charge in [-0.05, 0) is 50.8 Å². The summed E-state index contributed by atoms with van der Waals surface area (Å²) in [5.41, 5.74) is -0.840. The van der Waals surface area contributed by atoms with Gasteiger partial charge in [0.05, 0.1) is 5.56 Å². The van der Waals surface area contributed by atoms with Gasteiger partial charge in [-0.2, -0.15) is 13.2 Å². The number of amides is 2. The summed E-state index contributed by atoms with van der Waals surface area (Å²) in [5.74, 6) is -0.222. The van der Waals surface area contributed by atoms with Gasteiger partial charge >= 0.3 is 6.18 Å². The number of alkyl halides is 3. The van der Waals surface area contributed by atoms with Gasteiger partial charge in [0.15, 0.2) is 0 Å². The van der Waals surface area contributed by atoms with Crippen LogP contribution in [0.2, 0.25) is 0 Å². The molecule has 1 aromatic heterocycles. The first-order valence-electron chi connectivity index (χ1n) is 10.7. The lowest BCUT2D eigenvalue weighted by Crippen LogP contribution is -2.44. The molecule has 3 rings (SSSR count). The van der Waals surface area contributed by atoms with Crippen molar-refractivity contribution in [2.24, 2.45) is 0 Å². The average molecular weight is 426 g/mol. The topological polar surface area (TPSA) is 65.5 Å². The number of carbonyl (C=O) groups is 2. The third kappa shape index (κ3) is 6.17. The van der Waals surface area contributed by atoms with Gasteiger partial charge in [0, 0.05) is 44.8 Å². The van der Waals surface area contributed by atoms with E-state index in [0.29, 0.717) is 32.5 Å². The summed E-state index contributed by atoms with van der Waals surface area (Å²) in [6.07, 6.45) is 2.46. The first-order chi connectivity index (χ1) is 14.3. The number of pyridine rings is 1. The van der Waals surface area contributed by atoms with Crippen molar-refractivity contribution < 1.29 is 22.8 Å². The van der Waals surface area contributed by atoms with E-state index in [-0.39, 0.29) is 23.4 Å². The Hall–Kier alpha value is -2.16. The number of piperidine rings is 1. The van der Waals surface area contributed by atoms with Gasteiger partial charge in [-0.15, -0.1) is 0 Å². The maximum Gasteiger partial charge on any atom is 0.433 e. The number of halogens is 3.